The molecule has 4 aromatic rings. The van der Waals surface area contributed by atoms with Crippen LogP contribution in [-0.4, -0.2) is 42.0 Å². The van der Waals surface area contributed by atoms with Crippen LogP contribution in [0.25, 0.3) is 5.69 Å². The number of hydrogen-bond donors (Lipinski definition) is 2. The van der Waals surface area contributed by atoms with Crippen LogP contribution in [0.2, 0.25) is 5.02 Å². The standard InChI is InChI=1S/C24H22ClN5O5S2/c1-34-19-10-6-18(7-11-19)30-22(14-35-20-8-2-16(25)3-9-20)28-29-24(30)36-15-23(31)27-17-4-12-21(13-5-17)37(26,32)33/h2-13H,14-15H2,1H3,(H,27,31)(H2,26,32,33). The molecule has 0 radical (unpaired) electrons. The highest BCUT2D eigenvalue weighted by molar-refractivity contribution is 7.99. The van der Waals surface area contributed by atoms with Crippen LogP contribution >= 0.6 is 23.4 Å². The van der Waals surface area contributed by atoms with Crippen molar-refractivity contribution in [2.45, 2.75) is 16.7 Å². The number of rotatable bonds is 10. The highest BCUT2D eigenvalue weighted by Crippen LogP contribution is 2.25. The molecule has 3 aromatic carbocycles. The molecular weight excluding hydrogens is 538 g/mol. The van der Waals surface area contributed by atoms with E-state index in [-0.39, 0.29) is 23.2 Å². The third-order valence-corrected chi connectivity index (χ3v) is 7.12. The number of sulfonamides is 1. The van der Waals surface area contributed by atoms with Crippen molar-refractivity contribution in [1.29, 1.82) is 0 Å². The number of benzene rings is 3. The molecule has 0 unspecified atom stereocenters. The van der Waals surface area contributed by atoms with Crippen LogP contribution in [0.1, 0.15) is 5.82 Å². The number of aromatic nitrogens is 3. The molecule has 0 aliphatic heterocycles. The zero-order valence-corrected chi connectivity index (χ0v) is 21.9. The predicted molar refractivity (Wildman–Crippen MR) is 141 cm³/mol. The lowest BCUT2D eigenvalue weighted by molar-refractivity contribution is -0.113. The van der Waals surface area contributed by atoms with Crippen LogP contribution in [0.15, 0.2) is 82.8 Å². The van der Waals surface area contributed by atoms with Gasteiger partial charge in [-0.1, -0.05) is 23.4 Å². The molecule has 0 spiro atoms. The molecule has 1 heterocycles. The summed E-state index contributed by atoms with van der Waals surface area (Å²) in [6, 6.07) is 19.9. The van der Waals surface area contributed by atoms with Crippen molar-refractivity contribution in [3.63, 3.8) is 0 Å². The van der Waals surface area contributed by atoms with E-state index < -0.39 is 10.0 Å². The number of halogens is 1. The molecule has 0 aliphatic rings. The van der Waals surface area contributed by atoms with Gasteiger partial charge in [-0.15, -0.1) is 10.2 Å². The van der Waals surface area contributed by atoms with Crippen molar-refractivity contribution >= 4 is 45.0 Å². The van der Waals surface area contributed by atoms with E-state index in [0.29, 0.717) is 33.2 Å². The van der Waals surface area contributed by atoms with E-state index in [2.05, 4.69) is 15.5 Å². The molecule has 0 saturated heterocycles. The topological polar surface area (TPSA) is 138 Å². The average molecular weight is 560 g/mol. The number of ether oxygens (including phenoxy) is 2. The number of methoxy groups -OCH3 is 1. The van der Waals surface area contributed by atoms with Gasteiger partial charge >= 0.3 is 0 Å². The number of nitrogens with two attached hydrogens (primary N) is 1. The Balaban J connectivity index is 1.49. The van der Waals surface area contributed by atoms with E-state index in [0.717, 1.165) is 5.69 Å². The molecule has 0 saturated carbocycles. The monoisotopic (exact) mass is 559 g/mol. The van der Waals surface area contributed by atoms with Gasteiger partial charge in [-0.2, -0.15) is 0 Å². The summed E-state index contributed by atoms with van der Waals surface area (Å²) in [4.78, 5) is 12.5. The highest BCUT2D eigenvalue weighted by Gasteiger charge is 2.17. The number of primary sulfonamides is 1. The first-order valence-electron chi connectivity index (χ1n) is 10.8. The largest absolute Gasteiger partial charge is 0.497 e. The van der Waals surface area contributed by atoms with Gasteiger partial charge in [0.05, 0.1) is 17.8 Å². The van der Waals surface area contributed by atoms with Crippen molar-refractivity contribution < 1.29 is 22.7 Å². The Hall–Kier alpha value is -3.58. The molecule has 0 atom stereocenters. The van der Waals surface area contributed by atoms with Gasteiger partial charge in [0.1, 0.15) is 18.1 Å². The van der Waals surface area contributed by atoms with Crippen LogP contribution < -0.4 is 19.9 Å². The maximum absolute atomic E-state index is 12.6. The smallest absolute Gasteiger partial charge is 0.238 e. The van der Waals surface area contributed by atoms with Crippen molar-refractivity contribution in [1.82, 2.24) is 14.8 Å². The van der Waals surface area contributed by atoms with Crippen LogP contribution in [0.5, 0.6) is 11.5 Å². The molecule has 13 heteroatoms. The molecule has 3 N–H and O–H groups in total. The average Bonchev–Trinajstić information content (AvgIpc) is 3.29. The van der Waals surface area contributed by atoms with Gasteiger partial charge in [0.15, 0.2) is 11.0 Å². The second-order valence-corrected chi connectivity index (χ2v) is 10.5. The number of carbonyl (C=O) groups is 1. The molecule has 1 aromatic heterocycles. The van der Waals surface area contributed by atoms with Gasteiger partial charge in [-0.25, -0.2) is 13.6 Å². The lowest BCUT2D eigenvalue weighted by atomic mass is 10.3. The fraction of sp³-hybridized carbons (Fsp3) is 0.125. The van der Waals surface area contributed by atoms with Crippen LogP contribution in [-0.2, 0) is 21.4 Å². The van der Waals surface area contributed by atoms with E-state index in [9.17, 15) is 13.2 Å². The lowest BCUT2D eigenvalue weighted by Crippen LogP contribution is -2.15. The molecule has 0 aliphatic carbocycles. The Kier molecular flexibility index (Phi) is 8.34. The van der Waals surface area contributed by atoms with Gasteiger partial charge in [0.2, 0.25) is 15.9 Å². The highest BCUT2D eigenvalue weighted by atomic mass is 35.5. The third kappa shape index (κ3) is 7.01. The molecule has 192 valence electrons. The Morgan fingerprint density at radius 2 is 1.65 bits per heavy atom. The second kappa shape index (κ2) is 11.6. The summed E-state index contributed by atoms with van der Waals surface area (Å²) in [7, 11) is -2.23. The normalized spacial score (nSPS) is 11.2. The molecular formula is C24H22ClN5O5S2. The second-order valence-electron chi connectivity index (χ2n) is 7.58. The van der Waals surface area contributed by atoms with Crippen molar-refractivity contribution in [3.8, 4) is 17.2 Å². The van der Waals surface area contributed by atoms with Gasteiger partial charge in [0, 0.05) is 16.4 Å². The van der Waals surface area contributed by atoms with Crippen molar-refractivity contribution in [2.24, 2.45) is 5.14 Å². The molecule has 0 fully saturated rings. The van der Waals surface area contributed by atoms with E-state index in [1.54, 1.807) is 35.9 Å². The minimum absolute atomic E-state index is 0.0310. The summed E-state index contributed by atoms with van der Waals surface area (Å²) in [6.45, 7) is 0.129. The van der Waals surface area contributed by atoms with Gasteiger partial charge in [0.25, 0.3) is 0 Å². The Morgan fingerprint density at radius 3 is 2.27 bits per heavy atom. The zero-order chi connectivity index (χ0) is 26.4. The Bertz CT molecular complexity index is 1480. The van der Waals surface area contributed by atoms with Crippen LogP contribution in [0.3, 0.4) is 0 Å². The molecule has 1 amide bonds. The van der Waals surface area contributed by atoms with Crippen molar-refractivity contribution in [2.75, 3.05) is 18.2 Å². The predicted octanol–water partition coefficient (Wildman–Crippen LogP) is 3.89. The molecule has 0 bridgehead atoms. The van der Waals surface area contributed by atoms with E-state index >= 15 is 0 Å². The van der Waals surface area contributed by atoms with E-state index in [1.807, 2.05) is 24.3 Å². The number of amides is 1. The number of thioether (sulfide) groups is 1. The molecule has 37 heavy (non-hydrogen) atoms. The van der Waals surface area contributed by atoms with Crippen molar-refractivity contribution in [3.05, 3.63) is 83.6 Å². The fourth-order valence-electron chi connectivity index (χ4n) is 3.21. The fourth-order valence-corrected chi connectivity index (χ4v) is 4.62. The van der Waals surface area contributed by atoms with Gasteiger partial charge < -0.3 is 14.8 Å². The molecule has 4 rings (SSSR count). The minimum atomic E-state index is -3.81. The number of anilines is 1. The number of carbonyl (C=O) groups excluding carboxylic acids is 1. The number of nitrogens with zero attached hydrogens (tertiary/aromatic N) is 3. The summed E-state index contributed by atoms with van der Waals surface area (Å²) >= 11 is 7.13. The lowest BCUT2D eigenvalue weighted by Gasteiger charge is -2.12. The zero-order valence-electron chi connectivity index (χ0n) is 19.5. The minimum Gasteiger partial charge on any atom is -0.497 e. The first-order valence-corrected chi connectivity index (χ1v) is 13.7. The number of nitrogens with one attached hydrogen (secondary N) is 1. The van der Waals surface area contributed by atoms with E-state index in [4.69, 9.17) is 26.2 Å². The SMILES string of the molecule is COc1ccc(-n2c(COc3ccc(Cl)cc3)nnc2SCC(=O)Nc2ccc(S(N)(=O)=O)cc2)cc1. The number of hydrogen-bond acceptors (Lipinski definition) is 8. The maximum atomic E-state index is 12.6. The van der Waals surface area contributed by atoms with Gasteiger partial charge in [-0.05, 0) is 72.8 Å². The Labute approximate surface area is 222 Å². The summed E-state index contributed by atoms with van der Waals surface area (Å²) in [5.74, 6) is 1.57. The first-order chi connectivity index (χ1) is 17.7. The van der Waals surface area contributed by atoms with Crippen LogP contribution in [0, 0.1) is 0 Å². The quantitative estimate of drug-likeness (QED) is 0.279. The summed E-state index contributed by atoms with van der Waals surface area (Å²) < 4.78 is 35.7. The molecule has 10 nitrogen and oxygen atoms in total. The summed E-state index contributed by atoms with van der Waals surface area (Å²) in [5.41, 5.74) is 1.20. The van der Waals surface area contributed by atoms with E-state index in [1.165, 1.54) is 36.0 Å². The summed E-state index contributed by atoms with van der Waals surface area (Å²) in [5, 5.41) is 17.4. The van der Waals surface area contributed by atoms with Crippen LogP contribution in [0.4, 0.5) is 5.69 Å². The summed E-state index contributed by atoms with van der Waals surface area (Å²) in [6.07, 6.45) is 0. The third-order valence-electron chi connectivity index (χ3n) is 5.01. The first kappa shape index (κ1) is 26.5. The van der Waals surface area contributed by atoms with Gasteiger partial charge in [-0.3, -0.25) is 9.36 Å². The Morgan fingerprint density at radius 1 is 1.00 bits per heavy atom. The maximum Gasteiger partial charge on any atom is 0.238 e.